The Kier molecular flexibility index (Phi) is 5.31. The second kappa shape index (κ2) is 7.95. The number of fused-ring (bicyclic) bond motifs is 1. The molecule has 2 N–H and O–H groups in total. The number of anilines is 2. The van der Waals surface area contributed by atoms with Gasteiger partial charge in [-0.1, -0.05) is 0 Å². The highest BCUT2D eigenvalue weighted by atomic mass is 79.9. The fraction of sp³-hybridized carbons (Fsp3) is 0.0526. The quantitative estimate of drug-likeness (QED) is 0.367. The third-order valence-corrected chi connectivity index (χ3v) is 4.72. The van der Waals surface area contributed by atoms with Gasteiger partial charge in [-0.2, -0.15) is 9.78 Å². The van der Waals surface area contributed by atoms with Crippen molar-refractivity contribution in [3.8, 4) is 11.3 Å². The molecule has 0 saturated carbocycles. The van der Waals surface area contributed by atoms with Gasteiger partial charge >= 0.3 is 12.3 Å². The molecule has 2 aromatic heterocycles. The molecule has 0 aliphatic heterocycles. The number of carbonyl (C=O) groups excluding carboxylic acids is 1. The summed E-state index contributed by atoms with van der Waals surface area (Å²) in [7, 11) is 0. The molecule has 4 rings (SSSR count). The number of alkyl halides is 3. The predicted molar refractivity (Wildman–Crippen MR) is 109 cm³/mol. The highest BCUT2D eigenvalue weighted by Gasteiger charge is 2.31. The lowest BCUT2D eigenvalue weighted by Crippen LogP contribution is -2.19. The van der Waals surface area contributed by atoms with Gasteiger partial charge in [-0.05, 0) is 52.3 Å². The molecule has 0 atom stereocenters. The van der Waals surface area contributed by atoms with Crippen LogP contribution in [0, 0.1) is 5.82 Å². The van der Waals surface area contributed by atoms with Gasteiger partial charge in [0, 0.05) is 23.1 Å². The van der Waals surface area contributed by atoms with Crippen LogP contribution in [0.15, 0.2) is 59.5 Å². The van der Waals surface area contributed by atoms with E-state index in [4.69, 9.17) is 0 Å². The molecule has 0 bridgehead atoms. The van der Waals surface area contributed by atoms with Gasteiger partial charge in [-0.3, -0.25) is 4.98 Å². The lowest BCUT2D eigenvalue weighted by molar-refractivity contribution is -0.212. The van der Waals surface area contributed by atoms with Crippen molar-refractivity contribution in [2.24, 2.45) is 0 Å². The number of benzene rings is 2. The Labute approximate surface area is 180 Å². The molecule has 2 amide bonds. The van der Waals surface area contributed by atoms with E-state index < -0.39 is 18.1 Å². The third kappa shape index (κ3) is 4.63. The van der Waals surface area contributed by atoms with Gasteiger partial charge in [0.2, 0.25) is 0 Å². The molecule has 0 saturated heterocycles. The number of aromatic nitrogens is 4. The minimum Gasteiger partial charge on any atom is -0.308 e. The summed E-state index contributed by atoms with van der Waals surface area (Å²) >= 11 is 3.04. The third-order valence-electron chi connectivity index (χ3n) is 4.12. The zero-order valence-electron chi connectivity index (χ0n) is 15.3. The number of hydrogen-bond acceptors (Lipinski definition) is 4. The Hall–Kier alpha value is -3.54. The van der Waals surface area contributed by atoms with Crippen molar-refractivity contribution in [1.29, 1.82) is 0 Å². The molecule has 0 unspecified atom stereocenters. The molecule has 0 fully saturated rings. The van der Waals surface area contributed by atoms with Gasteiger partial charge < -0.3 is 10.6 Å². The van der Waals surface area contributed by atoms with Gasteiger partial charge in [-0.25, -0.2) is 14.2 Å². The van der Waals surface area contributed by atoms with E-state index in [9.17, 15) is 22.4 Å². The zero-order chi connectivity index (χ0) is 22.2. The van der Waals surface area contributed by atoms with Gasteiger partial charge in [-0.15, -0.1) is 13.2 Å². The van der Waals surface area contributed by atoms with Gasteiger partial charge in [0.1, 0.15) is 5.82 Å². The summed E-state index contributed by atoms with van der Waals surface area (Å²) in [6.07, 6.45) is -1.44. The van der Waals surface area contributed by atoms with Crippen LogP contribution in [-0.4, -0.2) is 25.8 Å². The summed E-state index contributed by atoms with van der Waals surface area (Å²) in [5.74, 6) is -0.462. The van der Waals surface area contributed by atoms with E-state index in [2.05, 4.69) is 41.6 Å². The van der Waals surface area contributed by atoms with Crippen molar-refractivity contribution >= 4 is 44.4 Å². The Morgan fingerprint density at radius 3 is 2.39 bits per heavy atom. The summed E-state index contributed by atoms with van der Waals surface area (Å²) in [5, 5.41) is 8.45. The Morgan fingerprint density at radius 2 is 1.71 bits per heavy atom. The maximum Gasteiger partial charge on any atom is 0.504 e. The summed E-state index contributed by atoms with van der Waals surface area (Å²) in [5.41, 5.74) is 1.93. The van der Waals surface area contributed by atoms with Gasteiger partial charge in [0.15, 0.2) is 0 Å². The van der Waals surface area contributed by atoms with Crippen molar-refractivity contribution in [3.05, 3.63) is 65.3 Å². The maximum absolute atomic E-state index is 13.3. The predicted octanol–water partition coefficient (Wildman–Crippen LogP) is 5.52. The molecule has 12 heteroatoms. The number of amides is 2. The van der Waals surface area contributed by atoms with E-state index >= 15 is 0 Å². The Balaban J connectivity index is 1.54. The van der Waals surface area contributed by atoms with E-state index in [0.29, 0.717) is 22.4 Å². The molecule has 7 nitrogen and oxygen atoms in total. The molecule has 2 heterocycles. The van der Waals surface area contributed by atoms with Crippen LogP contribution in [0.1, 0.15) is 0 Å². The van der Waals surface area contributed by atoms with Crippen molar-refractivity contribution in [1.82, 2.24) is 19.7 Å². The van der Waals surface area contributed by atoms with E-state index in [1.807, 2.05) is 0 Å². The number of halogens is 5. The fourth-order valence-electron chi connectivity index (χ4n) is 2.69. The molecule has 0 radical (unpaired) electrons. The fourth-order valence-corrected chi connectivity index (χ4v) is 3.07. The first-order valence-electron chi connectivity index (χ1n) is 8.61. The van der Waals surface area contributed by atoms with E-state index in [1.165, 1.54) is 30.5 Å². The van der Waals surface area contributed by atoms with Crippen LogP contribution in [0.4, 0.5) is 33.7 Å². The molecule has 0 aliphatic carbocycles. The van der Waals surface area contributed by atoms with Gasteiger partial charge in [0.05, 0.1) is 33.6 Å². The molecule has 31 heavy (non-hydrogen) atoms. The SMILES string of the molecule is O=C(Nc1ccc(F)c(Br)c1)Nc1ccc2ncc(-c3cnn(C(F)(F)F)c3)nc2c1. The first-order chi connectivity index (χ1) is 14.7. The monoisotopic (exact) mass is 494 g/mol. The smallest absolute Gasteiger partial charge is 0.308 e. The lowest BCUT2D eigenvalue weighted by atomic mass is 10.2. The largest absolute Gasteiger partial charge is 0.504 e. The molecule has 0 aliphatic rings. The van der Waals surface area contributed by atoms with Gasteiger partial charge in [0.25, 0.3) is 0 Å². The number of hydrogen-bond donors (Lipinski definition) is 2. The minimum absolute atomic E-state index is 0.121. The van der Waals surface area contributed by atoms with Crippen LogP contribution in [0.3, 0.4) is 0 Å². The van der Waals surface area contributed by atoms with Crippen molar-refractivity contribution in [2.75, 3.05) is 10.6 Å². The van der Waals surface area contributed by atoms with E-state index in [1.54, 1.807) is 12.1 Å². The summed E-state index contributed by atoms with van der Waals surface area (Å²) in [6, 6.07) is 8.17. The number of nitrogens with one attached hydrogen (secondary N) is 2. The minimum atomic E-state index is -4.63. The van der Waals surface area contributed by atoms with Crippen molar-refractivity contribution < 1.29 is 22.4 Å². The normalized spacial score (nSPS) is 11.5. The highest BCUT2D eigenvalue weighted by Crippen LogP contribution is 2.26. The van der Waals surface area contributed by atoms with Crippen LogP contribution >= 0.6 is 15.9 Å². The molecule has 0 spiro atoms. The standard InChI is InChI=1S/C19H11BrF4N6O/c20-13-5-11(1-3-14(13)21)27-18(31)28-12-2-4-15-16(6-12)29-17(8-25-15)10-7-26-30(9-10)19(22,23)24/h1-9H,(H2,27,28,31). The zero-order valence-corrected chi connectivity index (χ0v) is 16.9. The number of nitrogens with zero attached hydrogens (tertiary/aromatic N) is 4. The Bertz CT molecular complexity index is 1290. The number of rotatable bonds is 3. The number of carbonyl (C=O) groups is 1. The van der Waals surface area contributed by atoms with Crippen LogP contribution < -0.4 is 10.6 Å². The van der Waals surface area contributed by atoms with Crippen LogP contribution in [-0.2, 0) is 6.30 Å². The summed E-state index contributed by atoms with van der Waals surface area (Å²) in [6.45, 7) is 0. The Morgan fingerprint density at radius 1 is 1.00 bits per heavy atom. The van der Waals surface area contributed by atoms with Crippen molar-refractivity contribution in [2.45, 2.75) is 6.30 Å². The average Bonchev–Trinajstić information content (AvgIpc) is 3.21. The molecule has 4 aromatic rings. The highest BCUT2D eigenvalue weighted by molar-refractivity contribution is 9.10. The van der Waals surface area contributed by atoms with E-state index in [-0.39, 0.29) is 20.4 Å². The van der Waals surface area contributed by atoms with Crippen LogP contribution in [0.5, 0.6) is 0 Å². The summed E-state index contributed by atoms with van der Waals surface area (Å²) < 4.78 is 51.6. The van der Waals surface area contributed by atoms with Crippen molar-refractivity contribution in [3.63, 3.8) is 0 Å². The van der Waals surface area contributed by atoms with E-state index in [0.717, 1.165) is 12.4 Å². The topological polar surface area (TPSA) is 84.7 Å². The first kappa shape index (κ1) is 20.7. The first-order valence-corrected chi connectivity index (χ1v) is 9.40. The maximum atomic E-state index is 13.3. The lowest BCUT2D eigenvalue weighted by Gasteiger charge is -2.09. The van der Waals surface area contributed by atoms with Crippen LogP contribution in [0.2, 0.25) is 0 Å². The van der Waals surface area contributed by atoms with Crippen LogP contribution in [0.25, 0.3) is 22.3 Å². The second-order valence-electron chi connectivity index (χ2n) is 6.31. The molecule has 158 valence electrons. The average molecular weight is 495 g/mol. The second-order valence-corrected chi connectivity index (χ2v) is 7.16. The summed E-state index contributed by atoms with van der Waals surface area (Å²) in [4.78, 5) is 20.7. The number of urea groups is 1. The molecular weight excluding hydrogens is 484 g/mol. The molecular formula is C19H11BrF4N6O. The molecule has 2 aromatic carbocycles.